The molecule has 0 fully saturated rings. The van der Waals surface area contributed by atoms with Crippen LogP contribution in [0.4, 0.5) is 11.4 Å². The molecule has 2 aliphatic heterocycles. The Labute approximate surface area is 287 Å². The highest BCUT2D eigenvalue weighted by molar-refractivity contribution is 6.37. The van der Waals surface area contributed by atoms with Gasteiger partial charge < -0.3 is 24.6 Å². The van der Waals surface area contributed by atoms with E-state index in [-0.39, 0.29) is 55.3 Å². The number of para-hydroxylation sites is 1. The van der Waals surface area contributed by atoms with Gasteiger partial charge in [0.15, 0.2) is 5.76 Å². The Morgan fingerprint density at radius 2 is 1.73 bits per heavy atom. The molecule has 2 aliphatic rings. The number of nitrogens with one attached hydrogen (secondary N) is 1. The number of fused-ring (bicyclic) bond motifs is 1. The van der Waals surface area contributed by atoms with Gasteiger partial charge in [-0.2, -0.15) is 0 Å². The Morgan fingerprint density at radius 1 is 0.980 bits per heavy atom. The second kappa shape index (κ2) is 14.2. The number of aromatic nitrogens is 2. The molecule has 3 amide bonds. The lowest BCUT2D eigenvalue weighted by atomic mass is 9.93. The largest absolute Gasteiger partial charge is 0.459 e. The van der Waals surface area contributed by atoms with E-state index in [1.807, 2.05) is 37.3 Å². The maximum Gasteiger partial charge on any atom is 0.290 e. The molecule has 0 radical (unpaired) electrons. The smallest absolute Gasteiger partial charge is 0.290 e. The fourth-order valence-electron chi connectivity index (χ4n) is 6.15. The van der Waals surface area contributed by atoms with Crippen molar-refractivity contribution in [2.45, 2.75) is 32.5 Å². The Bertz CT molecular complexity index is 2020. The monoisotopic (exact) mass is 686 g/mol. The van der Waals surface area contributed by atoms with E-state index in [0.29, 0.717) is 33.2 Å². The highest BCUT2D eigenvalue weighted by Crippen LogP contribution is 2.35. The molecule has 2 atom stereocenters. The minimum atomic E-state index is -0.871. The zero-order valence-corrected chi connectivity index (χ0v) is 27.9. The zero-order chi connectivity index (χ0) is 34.8. The van der Waals surface area contributed by atoms with Crippen LogP contribution in [-0.4, -0.2) is 64.9 Å². The van der Waals surface area contributed by atoms with Gasteiger partial charge in [-0.3, -0.25) is 23.9 Å². The first-order valence-electron chi connectivity index (χ1n) is 15.7. The van der Waals surface area contributed by atoms with E-state index in [2.05, 4.69) is 5.32 Å². The van der Waals surface area contributed by atoms with Crippen LogP contribution >= 0.6 is 11.6 Å². The summed E-state index contributed by atoms with van der Waals surface area (Å²) in [6, 6.07) is 18.7. The molecule has 0 spiro atoms. The molecule has 0 aliphatic carbocycles. The highest BCUT2D eigenvalue weighted by atomic mass is 35.5. The molecule has 3 aromatic carbocycles. The lowest BCUT2D eigenvalue weighted by Gasteiger charge is -2.29. The number of imide groups is 1. The van der Waals surface area contributed by atoms with Crippen LogP contribution in [0, 0.1) is 13.8 Å². The third-order valence-corrected chi connectivity index (χ3v) is 8.80. The summed E-state index contributed by atoms with van der Waals surface area (Å²) >= 11 is 6.06. The average molecular weight is 687 g/mol. The molecule has 13 heteroatoms. The van der Waals surface area contributed by atoms with Crippen LogP contribution in [-0.2, 0) is 26.1 Å². The quantitative estimate of drug-likeness (QED) is 0.172. The molecule has 49 heavy (non-hydrogen) atoms. The fraction of sp³-hybridized carbons (Fsp3) is 0.278. The molecule has 0 bridgehead atoms. The number of aliphatic hydroxyl groups excluding tert-OH is 1. The molecule has 0 saturated heterocycles. The molecular formula is C36H35ClN4O8. The second-order valence-electron chi connectivity index (χ2n) is 11.7. The number of carbonyl (C=O) groups excluding carboxylic acids is 3. The Hall–Kier alpha value is -5.01. The molecule has 254 valence electrons. The van der Waals surface area contributed by atoms with Crippen LogP contribution in [0.1, 0.15) is 49.9 Å². The van der Waals surface area contributed by atoms with Crippen LogP contribution in [0.3, 0.4) is 0 Å². The summed E-state index contributed by atoms with van der Waals surface area (Å²) in [6.07, 6.45) is 1.02. The van der Waals surface area contributed by atoms with Gasteiger partial charge in [-0.25, -0.2) is 9.58 Å². The van der Waals surface area contributed by atoms with Gasteiger partial charge in [0.1, 0.15) is 0 Å². The van der Waals surface area contributed by atoms with Crippen LogP contribution in [0.5, 0.6) is 0 Å². The first-order chi connectivity index (χ1) is 23.6. The normalized spacial score (nSPS) is 17.2. The van der Waals surface area contributed by atoms with Crippen molar-refractivity contribution in [2.24, 2.45) is 7.05 Å². The number of benzene rings is 3. The van der Waals surface area contributed by atoms with Crippen LogP contribution < -0.4 is 15.8 Å². The van der Waals surface area contributed by atoms with E-state index in [1.165, 1.54) is 12.1 Å². The summed E-state index contributed by atoms with van der Waals surface area (Å²) < 4.78 is 20.6. The van der Waals surface area contributed by atoms with Crippen molar-refractivity contribution in [2.75, 3.05) is 36.6 Å². The van der Waals surface area contributed by atoms with Crippen LogP contribution in [0.15, 0.2) is 83.4 Å². The SMILES string of the molecule is Cc1cc(NC(=O)C2=CC(c3c(C)n(C)n(-c4ccccc4)c3=O)CC(OCCOCCO)O2)ccc1N1C(=O)c2ccc(Cl)cc2C1=O. The minimum Gasteiger partial charge on any atom is -0.459 e. The van der Waals surface area contributed by atoms with Crippen molar-refractivity contribution < 1.29 is 33.7 Å². The maximum atomic E-state index is 13.9. The van der Waals surface area contributed by atoms with Gasteiger partial charge in [0.2, 0.25) is 6.29 Å². The number of hydrogen-bond donors (Lipinski definition) is 2. The number of ether oxygens (including phenoxy) is 3. The summed E-state index contributed by atoms with van der Waals surface area (Å²) in [5, 5.41) is 12.2. The molecule has 0 saturated carbocycles. The van der Waals surface area contributed by atoms with E-state index in [4.69, 9.17) is 30.9 Å². The van der Waals surface area contributed by atoms with Crippen molar-refractivity contribution in [3.63, 3.8) is 0 Å². The van der Waals surface area contributed by atoms with Gasteiger partial charge in [-0.1, -0.05) is 29.8 Å². The number of amides is 3. The molecular weight excluding hydrogens is 652 g/mol. The third kappa shape index (κ3) is 6.68. The van der Waals surface area contributed by atoms with Gasteiger partial charge in [-0.05, 0) is 74.0 Å². The first kappa shape index (κ1) is 33.9. The molecule has 2 unspecified atom stereocenters. The Kier molecular flexibility index (Phi) is 9.84. The number of rotatable bonds is 11. The number of allylic oxidation sites excluding steroid dienone is 1. The molecule has 6 rings (SSSR count). The van der Waals surface area contributed by atoms with Crippen molar-refractivity contribution in [3.8, 4) is 5.69 Å². The lowest BCUT2D eigenvalue weighted by Crippen LogP contribution is -2.32. The van der Waals surface area contributed by atoms with Crippen molar-refractivity contribution in [3.05, 3.63) is 122 Å². The van der Waals surface area contributed by atoms with E-state index >= 15 is 0 Å². The minimum absolute atomic E-state index is 0.0367. The molecule has 1 aromatic heterocycles. The predicted octanol–water partition coefficient (Wildman–Crippen LogP) is 4.62. The van der Waals surface area contributed by atoms with Crippen molar-refractivity contribution in [1.82, 2.24) is 9.36 Å². The first-order valence-corrected chi connectivity index (χ1v) is 16.1. The van der Waals surface area contributed by atoms with E-state index in [1.54, 1.807) is 53.7 Å². The van der Waals surface area contributed by atoms with E-state index < -0.39 is 29.9 Å². The number of aryl methyl sites for hydroxylation is 1. The standard InChI is InChI=1S/C36H35ClN4O8/c1-21-17-25(10-12-29(21)40-34(44)27-11-9-24(37)20-28(27)35(40)45)38-33(43)30-18-23(19-31(49-30)48-16-15-47-14-13-42)32-22(2)39(3)41(36(32)46)26-7-5-4-6-8-26/h4-12,17-18,20,23,31,42H,13-16,19H2,1-3H3,(H,38,43). The van der Waals surface area contributed by atoms with Gasteiger partial charge >= 0.3 is 0 Å². The van der Waals surface area contributed by atoms with Crippen molar-refractivity contribution >= 4 is 40.7 Å². The average Bonchev–Trinajstić information content (AvgIpc) is 3.46. The molecule has 12 nitrogen and oxygen atoms in total. The number of halogens is 1. The van der Waals surface area contributed by atoms with Crippen molar-refractivity contribution in [1.29, 1.82) is 0 Å². The van der Waals surface area contributed by atoms with Gasteiger partial charge in [-0.15, -0.1) is 0 Å². The van der Waals surface area contributed by atoms with E-state index in [9.17, 15) is 19.2 Å². The number of aliphatic hydroxyl groups is 1. The summed E-state index contributed by atoms with van der Waals surface area (Å²) in [7, 11) is 1.81. The predicted molar refractivity (Wildman–Crippen MR) is 182 cm³/mol. The summed E-state index contributed by atoms with van der Waals surface area (Å²) in [5.74, 6) is -2.07. The molecule has 2 N–H and O–H groups in total. The second-order valence-corrected chi connectivity index (χ2v) is 12.1. The van der Waals surface area contributed by atoms with Gasteiger partial charge in [0.05, 0.1) is 48.9 Å². The maximum absolute atomic E-state index is 13.9. The third-order valence-electron chi connectivity index (χ3n) is 8.56. The van der Waals surface area contributed by atoms with E-state index in [0.717, 1.165) is 10.6 Å². The number of anilines is 2. The van der Waals surface area contributed by atoms with Gasteiger partial charge in [0, 0.05) is 41.4 Å². The number of carbonyl (C=O) groups is 3. The van der Waals surface area contributed by atoms with Crippen LogP contribution in [0.2, 0.25) is 5.02 Å². The van der Waals surface area contributed by atoms with Gasteiger partial charge in [0.25, 0.3) is 23.3 Å². The van der Waals surface area contributed by atoms with Crippen LogP contribution in [0.25, 0.3) is 5.69 Å². The molecule has 3 heterocycles. The summed E-state index contributed by atoms with van der Waals surface area (Å²) in [4.78, 5) is 54.9. The zero-order valence-electron chi connectivity index (χ0n) is 27.1. The number of hydrogen-bond acceptors (Lipinski definition) is 8. The highest BCUT2D eigenvalue weighted by Gasteiger charge is 2.38. The summed E-state index contributed by atoms with van der Waals surface area (Å²) in [6.45, 7) is 3.96. The Morgan fingerprint density at radius 3 is 2.47 bits per heavy atom. The number of nitrogens with zero attached hydrogens (tertiary/aromatic N) is 3. The molecule has 4 aromatic rings. The Balaban J connectivity index is 1.26. The lowest BCUT2D eigenvalue weighted by molar-refractivity contribution is -0.148. The summed E-state index contributed by atoms with van der Waals surface area (Å²) in [5.41, 5.74) is 3.55. The topological polar surface area (TPSA) is 141 Å². The fourth-order valence-corrected chi connectivity index (χ4v) is 6.32.